The SMILES string of the molecule is CC(=O)Nc1cc(C)c(C(=O)c2ccc(Cl)cc2)c(C)c1. The molecule has 21 heavy (non-hydrogen) atoms. The van der Waals surface area contributed by atoms with Gasteiger partial charge in [0, 0.05) is 28.8 Å². The van der Waals surface area contributed by atoms with Gasteiger partial charge in [0.15, 0.2) is 5.78 Å². The summed E-state index contributed by atoms with van der Waals surface area (Å²) in [7, 11) is 0. The molecule has 4 heteroatoms. The molecule has 0 saturated heterocycles. The Hall–Kier alpha value is -2.13. The number of carbonyl (C=O) groups is 2. The van der Waals surface area contributed by atoms with Gasteiger partial charge < -0.3 is 5.32 Å². The summed E-state index contributed by atoms with van der Waals surface area (Å²) in [6.07, 6.45) is 0. The average molecular weight is 302 g/mol. The highest BCUT2D eigenvalue weighted by Crippen LogP contribution is 2.23. The summed E-state index contributed by atoms with van der Waals surface area (Å²) in [5.74, 6) is -0.179. The Morgan fingerprint density at radius 1 is 1.00 bits per heavy atom. The monoisotopic (exact) mass is 301 g/mol. The second kappa shape index (κ2) is 6.10. The molecule has 2 rings (SSSR count). The van der Waals surface area contributed by atoms with Crippen molar-refractivity contribution in [3.8, 4) is 0 Å². The largest absolute Gasteiger partial charge is 0.326 e. The Morgan fingerprint density at radius 2 is 1.52 bits per heavy atom. The lowest BCUT2D eigenvalue weighted by Crippen LogP contribution is -2.10. The van der Waals surface area contributed by atoms with Crippen LogP contribution in [0.2, 0.25) is 5.02 Å². The summed E-state index contributed by atoms with van der Waals surface area (Å²) in [6, 6.07) is 10.4. The van der Waals surface area contributed by atoms with Crippen molar-refractivity contribution < 1.29 is 9.59 Å². The van der Waals surface area contributed by atoms with Crippen molar-refractivity contribution in [1.82, 2.24) is 0 Å². The zero-order valence-corrected chi connectivity index (χ0v) is 12.9. The summed E-state index contributed by atoms with van der Waals surface area (Å²) < 4.78 is 0. The second-order valence-corrected chi connectivity index (χ2v) is 5.44. The maximum absolute atomic E-state index is 12.6. The maximum atomic E-state index is 12.6. The molecule has 0 radical (unpaired) electrons. The molecular weight excluding hydrogens is 286 g/mol. The van der Waals surface area contributed by atoms with Gasteiger partial charge in [-0.2, -0.15) is 0 Å². The number of benzene rings is 2. The van der Waals surface area contributed by atoms with Crippen LogP contribution in [0, 0.1) is 13.8 Å². The zero-order valence-electron chi connectivity index (χ0n) is 12.2. The molecule has 0 heterocycles. The fourth-order valence-electron chi connectivity index (χ4n) is 2.34. The number of halogens is 1. The van der Waals surface area contributed by atoms with E-state index in [2.05, 4.69) is 5.32 Å². The van der Waals surface area contributed by atoms with E-state index in [1.54, 1.807) is 36.4 Å². The Morgan fingerprint density at radius 3 is 2.00 bits per heavy atom. The number of amides is 1. The minimum atomic E-state index is -0.134. The molecule has 2 aromatic rings. The summed E-state index contributed by atoms with van der Waals surface area (Å²) in [5.41, 5.74) is 3.62. The Labute approximate surface area is 128 Å². The van der Waals surface area contributed by atoms with Crippen LogP contribution >= 0.6 is 11.6 Å². The third-order valence-electron chi connectivity index (χ3n) is 3.19. The fourth-order valence-corrected chi connectivity index (χ4v) is 2.47. The first-order valence-corrected chi connectivity index (χ1v) is 6.95. The molecular formula is C17H16ClNO2. The molecule has 3 nitrogen and oxygen atoms in total. The highest BCUT2D eigenvalue weighted by atomic mass is 35.5. The number of rotatable bonds is 3. The highest BCUT2D eigenvalue weighted by molar-refractivity contribution is 6.30. The fraction of sp³-hybridized carbons (Fsp3) is 0.176. The van der Waals surface area contributed by atoms with E-state index >= 15 is 0 Å². The molecule has 0 aliphatic carbocycles. The molecule has 0 unspecified atom stereocenters. The van der Waals surface area contributed by atoms with Crippen LogP contribution in [0.4, 0.5) is 5.69 Å². The van der Waals surface area contributed by atoms with Crippen LogP contribution in [0.5, 0.6) is 0 Å². The van der Waals surface area contributed by atoms with Crippen molar-refractivity contribution in [2.75, 3.05) is 5.32 Å². The van der Waals surface area contributed by atoms with E-state index in [4.69, 9.17) is 11.6 Å². The molecule has 0 fully saturated rings. The Balaban J connectivity index is 2.42. The molecule has 0 saturated carbocycles. The first kappa shape index (κ1) is 15.3. The van der Waals surface area contributed by atoms with E-state index in [-0.39, 0.29) is 11.7 Å². The van der Waals surface area contributed by atoms with Crippen molar-refractivity contribution in [2.24, 2.45) is 0 Å². The molecule has 0 aromatic heterocycles. The third-order valence-corrected chi connectivity index (χ3v) is 3.44. The van der Waals surface area contributed by atoms with Crippen LogP contribution < -0.4 is 5.32 Å². The molecule has 0 atom stereocenters. The van der Waals surface area contributed by atoms with E-state index < -0.39 is 0 Å². The second-order valence-electron chi connectivity index (χ2n) is 5.00. The van der Waals surface area contributed by atoms with Gasteiger partial charge in [0.25, 0.3) is 0 Å². The van der Waals surface area contributed by atoms with Gasteiger partial charge in [-0.05, 0) is 61.4 Å². The van der Waals surface area contributed by atoms with Crippen molar-refractivity contribution in [2.45, 2.75) is 20.8 Å². The predicted molar refractivity (Wildman–Crippen MR) is 85.1 cm³/mol. The molecule has 2 aromatic carbocycles. The van der Waals surface area contributed by atoms with Crippen molar-refractivity contribution >= 4 is 29.0 Å². The number of anilines is 1. The molecule has 0 spiro atoms. The average Bonchev–Trinajstić information content (AvgIpc) is 2.37. The number of aryl methyl sites for hydroxylation is 2. The van der Waals surface area contributed by atoms with Crippen molar-refractivity contribution in [3.63, 3.8) is 0 Å². The summed E-state index contributed by atoms with van der Waals surface area (Å²) in [6.45, 7) is 5.18. The quantitative estimate of drug-likeness (QED) is 0.866. The van der Waals surface area contributed by atoms with Crippen LogP contribution in [0.3, 0.4) is 0 Å². The van der Waals surface area contributed by atoms with Gasteiger partial charge in [0.05, 0.1) is 0 Å². The summed E-state index contributed by atoms with van der Waals surface area (Å²) in [4.78, 5) is 23.7. The van der Waals surface area contributed by atoms with Crippen molar-refractivity contribution in [1.29, 1.82) is 0 Å². The molecule has 1 amide bonds. The van der Waals surface area contributed by atoms with Gasteiger partial charge in [-0.25, -0.2) is 0 Å². The minimum absolute atomic E-state index is 0.0453. The van der Waals surface area contributed by atoms with Gasteiger partial charge in [-0.3, -0.25) is 9.59 Å². The zero-order chi connectivity index (χ0) is 15.6. The van der Waals surface area contributed by atoms with Gasteiger partial charge in [-0.1, -0.05) is 11.6 Å². The van der Waals surface area contributed by atoms with Crippen LogP contribution in [0.15, 0.2) is 36.4 Å². The minimum Gasteiger partial charge on any atom is -0.326 e. The molecule has 0 aliphatic rings. The van der Waals surface area contributed by atoms with E-state index in [0.717, 1.165) is 11.1 Å². The third kappa shape index (κ3) is 3.50. The normalized spacial score (nSPS) is 10.3. The molecule has 0 aliphatic heterocycles. The number of ketones is 1. The number of carbonyl (C=O) groups excluding carboxylic acids is 2. The van der Waals surface area contributed by atoms with Gasteiger partial charge >= 0.3 is 0 Å². The lowest BCUT2D eigenvalue weighted by molar-refractivity contribution is -0.114. The van der Waals surface area contributed by atoms with E-state index in [9.17, 15) is 9.59 Å². The lowest BCUT2D eigenvalue weighted by atomic mass is 9.94. The molecule has 0 bridgehead atoms. The van der Waals surface area contributed by atoms with Crippen LogP contribution in [0.1, 0.15) is 34.0 Å². The van der Waals surface area contributed by atoms with E-state index in [1.165, 1.54) is 6.92 Å². The highest BCUT2D eigenvalue weighted by Gasteiger charge is 2.15. The maximum Gasteiger partial charge on any atom is 0.221 e. The lowest BCUT2D eigenvalue weighted by Gasteiger charge is -2.12. The van der Waals surface area contributed by atoms with Gasteiger partial charge in [0.1, 0.15) is 0 Å². The standard InChI is InChI=1S/C17H16ClNO2/c1-10-8-15(19-12(3)20)9-11(2)16(10)17(21)13-4-6-14(18)7-5-13/h4-9H,1-3H3,(H,19,20). The van der Waals surface area contributed by atoms with Gasteiger partial charge in [0.2, 0.25) is 5.91 Å². The first-order valence-electron chi connectivity index (χ1n) is 6.57. The van der Waals surface area contributed by atoms with Crippen LogP contribution in [-0.2, 0) is 4.79 Å². The predicted octanol–water partition coefficient (Wildman–Crippen LogP) is 4.15. The Kier molecular flexibility index (Phi) is 4.43. The Bertz CT molecular complexity index is 682. The first-order chi connectivity index (χ1) is 9.88. The summed E-state index contributed by atoms with van der Waals surface area (Å²) in [5, 5.41) is 3.33. The van der Waals surface area contributed by atoms with E-state index in [0.29, 0.717) is 21.8 Å². The van der Waals surface area contributed by atoms with Crippen LogP contribution in [-0.4, -0.2) is 11.7 Å². The molecule has 108 valence electrons. The number of hydrogen-bond donors (Lipinski definition) is 1. The van der Waals surface area contributed by atoms with Crippen molar-refractivity contribution in [3.05, 3.63) is 63.7 Å². The van der Waals surface area contributed by atoms with E-state index in [1.807, 2.05) is 13.8 Å². The molecule has 1 N–H and O–H groups in total. The number of hydrogen-bond acceptors (Lipinski definition) is 2. The number of nitrogens with one attached hydrogen (secondary N) is 1. The smallest absolute Gasteiger partial charge is 0.221 e. The summed E-state index contributed by atoms with van der Waals surface area (Å²) >= 11 is 5.84. The topological polar surface area (TPSA) is 46.2 Å². The van der Waals surface area contributed by atoms with Crippen LogP contribution in [0.25, 0.3) is 0 Å². The van der Waals surface area contributed by atoms with Gasteiger partial charge in [-0.15, -0.1) is 0 Å².